The van der Waals surface area contributed by atoms with Crippen molar-refractivity contribution in [2.24, 2.45) is 5.10 Å². The maximum Gasteiger partial charge on any atom is 0.250 e. The summed E-state index contributed by atoms with van der Waals surface area (Å²) < 4.78 is 5.12. The third kappa shape index (κ3) is 6.74. The number of benzene rings is 1. The van der Waals surface area contributed by atoms with Crippen LogP contribution in [-0.4, -0.2) is 48.0 Å². The van der Waals surface area contributed by atoms with E-state index in [2.05, 4.69) is 25.4 Å². The molecule has 8 heteroatoms. The molecule has 29 heavy (non-hydrogen) atoms. The van der Waals surface area contributed by atoms with Crippen LogP contribution in [0.25, 0.3) is 0 Å². The standard InChI is InChI=1S/C21H27N5O2S/c1-16-13-20(24-21(23-16)26-11-5-3-4-6-12-26)29-15-19(27)25-22-14-17-7-9-18(28-2)10-8-17/h7-10,13-14H,3-6,11-12,15H2,1-2H3,(H,25,27). The van der Waals surface area contributed by atoms with E-state index < -0.39 is 0 Å². The first kappa shape index (κ1) is 21.1. The van der Waals surface area contributed by atoms with Crippen LogP contribution in [0.15, 0.2) is 40.5 Å². The fraction of sp³-hybridized carbons (Fsp3) is 0.429. The Morgan fingerprint density at radius 2 is 1.93 bits per heavy atom. The first-order chi connectivity index (χ1) is 14.1. The van der Waals surface area contributed by atoms with Crippen molar-refractivity contribution in [3.05, 3.63) is 41.6 Å². The normalized spacial score (nSPS) is 14.6. The minimum Gasteiger partial charge on any atom is -0.497 e. The number of hydrazone groups is 1. The van der Waals surface area contributed by atoms with Gasteiger partial charge in [-0.2, -0.15) is 5.10 Å². The lowest BCUT2D eigenvalue weighted by atomic mass is 10.2. The predicted molar refractivity (Wildman–Crippen MR) is 117 cm³/mol. The van der Waals surface area contributed by atoms with Crippen LogP contribution in [-0.2, 0) is 4.79 Å². The molecule has 2 aromatic rings. The highest BCUT2D eigenvalue weighted by Gasteiger charge is 2.14. The highest BCUT2D eigenvalue weighted by molar-refractivity contribution is 7.99. The Morgan fingerprint density at radius 3 is 2.62 bits per heavy atom. The number of methoxy groups -OCH3 is 1. The van der Waals surface area contributed by atoms with Crippen molar-refractivity contribution in [2.75, 3.05) is 30.9 Å². The molecule has 1 aliphatic heterocycles. The topological polar surface area (TPSA) is 79.7 Å². The maximum atomic E-state index is 12.1. The molecule has 0 atom stereocenters. The van der Waals surface area contributed by atoms with Crippen molar-refractivity contribution in [3.63, 3.8) is 0 Å². The summed E-state index contributed by atoms with van der Waals surface area (Å²) in [6.45, 7) is 3.95. The molecule has 0 aliphatic carbocycles. The van der Waals surface area contributed by atoms with E-state index >= 15 is 0 Å². The SMILES string of the molecule is COc1ccc(C=NNC(=O)CSc2cc(C)nc(N3CCCCCC3)n2)cc1. The highest BCUT2D eigenvalue weighted by Crippen LogP contribution is 2.21. The number of hydrogen-bond acceptors (Lipinski definition) is 7. The van der Waals surface area contributed by atoms with Gasteiger partial charge in [-0.1, -0.05) is 24.6 Å². The van der Waals surface area contributed by atoms with Gasteiger partial charge in [0.25, 0.3) is 0 Å². The average Bonchev–Trinajstić information content (AvgIpc) is 3.02. The van der Waals surface area contributed by atoms with E-state index in [0.717, 1.165) is 41.1 Å². The lowest BCUT2D eigenvalue weighted by Gasteiger charge is -2.20. The smallest absolute Gasteiger partial charge is 0.250 e. The fourth-order valence-electron chi connectivity index (χ4n) is 3.05. The predicted octanol–water partition coefficient (Wildman–Crippen LogP) is 3.42. The number of thioether (sulfide) groups is 1. The van der Waals surface area contributed by atoms with Crippen molar-refractivity contribution in [1.29, 1.82) is 0 Å². The van der Waals surface area contributed by atoms with Gasteiger partial charge in [-0.05, 0) is 55.7 Å². The average molecular weight is 414 g/mol. The number of hydrogen-bond donors (Lipinski definition) is 1. The van der Waals surface area contributed by atoms with Gasteiger partial charge in [0.05, 0.1) is 19.1 Å². The maximum absolute atomic E-state index is 12.1. The largest absolute Gasteiger partial charge is 0.497 e. The number of rotatable bonds is 7. The molecule has 3 rings (SSSR count). The lowest BCUT2D eigenvalue weighted by molar-refractivity contribution is -0.118. The molecule has 0 unspecified atom stereocenters. The van der Waals surface area contributed by atoms with Gasteiger partial charge in [0, 0.05) is 18.8 Å². The quantitative estimate of drug-likeness (QED) is 0.324. The zero-order chi connectivity index (χ0) is 20.5. The summed E-state index contributed by atoms with van der Waals surface area (Å²) >= 11 is 1.40. The van der Waals surface area contributed by atoms with Crippen LogP contribution in [0.1, 0.15) is 36.9 Å². The molecule has 0 radical (unpaired) electrons. The van der Waals surface area contributed by atoms with E-state index in [1.807, 2.05) is 37.3 Å². The zero-order valence-corrected chi connectivity index (χ0v) is 17.7. The molecular weight excluding hydrogens is 386 g/mol. The van der Waals surface area contributed by atoms with Gasteiger partial charge >= 0.3 is 0 Å². The monoisotopic (exact) mass is 413 g/mol. The van der Waals surface area contributed by atoms with E-state index in [9.17, 15) is 4.79 Å². The molecule has 1 aromatic heterocycles. The Morgan fingerprint density at radius 1 is 1.21 bits per heavy atom. The van der Waals surface area contributed by atoms with Crippen molar-refractivity contribution >= 4 is 29.8 Å². The van der Waals surface area contributed by atoms with Crippen LogP contribution in [0.5, 0.6) is 5.75 Å². The molecule has 1 amide bonds. The Labute approximate surface area is 176 Å². The Hall–Kier alpha value is -2.61. The number of aryl methyl sites for hydroxylation is 1. The molecule has 0 spiro atoms. The molecule has 0 saturated carbocycles. The number of nitrogens with one attached hydrogen (secondary N) is 1. The van der Waals surface area contributed by atoms with Crippen LogP contribution >= 0.6 is 11.8 Å². The molecule has 154 valence electrons. The van der Waals surface area contributed by atoms with Gasteiger partial charge in [-0.15, -0.1) is 0 Å². The molecule has 0 bridgehead atoms. The van der Waals surface area contributed by atoms with Gasteiger partial charge in [0.2, 0.25) is 11.9 Å². The highest BCUT2D eigenvalue weighted by atomic mass is 32.2. The van der Waals surface area contributed by atoms with E-state index in [0.29, 0.717) is 0 Å². The third-order valence-electron chi connectivity index (χ3n) is 4.58. The second kappa shape index (κ2) is 10.8. The summed E-state index contributed by atoms with van der Waals surface area (Å²) in [5, 5.41) is 4.82. The van der Waals surface area contributed by atoms with Gasteiger partial charge in [0.1, 0.15) is 10.8 Å². The van der Waals surface area contributed by atoms with E-state index in [1.54, 1.807) is 13.3 Å². The van der Waals surface area contributed by atoms with E-state index in [1.165, 1.54) is 37.4 Å². The number of nitrogens with zero attached hydrogens (tertiary/aromatic N) is 4. The molecule has 2 heterocycles. The summed E-state index contributed by atoms with van der Waals surface area (Å²) in [6, 6.07) is 9.35. The van der Waals surface area contributed by atoms with Crippen LogP contribution < -0.4 is 15.1 Å². The molecular formula is C21H27N5O2S. The second-order valence-electron chi connectivity index (χ2n) is 6.90. The van der Waals surface area contributed by atoms with Crippen LogP contribution in [0.4, 0.5) is 5.95 Å². The van der Waals surface area contributed by atoms with Crippen LogP contribution in [0.3, 0.4) is 0 Å². The lowest BCUT2D eigenvalue weighted by Crippen LogP contribution is -2.26. The third-order valence-corrected chi connectivity index (χ3v) is 5.49. The number of aromatic nitrogens is 2. The summed E-state index contributed by atoms with van der Waals surface area (Å²) in [5.41, 5.74) is 4.35. The van der Waals surface area contributed by atoms with Gasteiger partial charge in [-0.3, -0.25) is 4.79 Å². The molecule has 1 saturated heterocycles. The van der Waals surface area contributed by atoms with Crippen molar-refractivity contribution in [2.45, 2.75) is 37.6 Å². The summed E-state index contributed by atoms with van der Waals surface area (Å²) in [7, 11) is 1.62. The first-order valence-electron chi connectivity index (χ1n) is 9.83. The van der Waals surface area contributed by atoms with Crippen molar-refractivity contribution in [1.82, 2.24) is 15.4 Å². The molecule has 1 N–H and O–H groups in total. The van der Waals surface area contributed by atoms with E-state index in [4.69, 9.17) is 4.74 Å². The fourth-order valence-corrected chi connectivity index (χ4v) is 3.79. The minimum atomic E-state index is -0.174. The number of carbonyl (C=O) groups excluding carboxylic acids is 1. The second-order valence-corrected chi connectivity index (χ2v) is 7.90. The van der Waals surface area contributed by atoms with Crippen molar-refractivity contribution < 1.29 is 9.53 Å². The van der Waals surface area contributed by atoms with Gasteiger partial charge in [-0.25, -0.2) is 15.4 Å². The number of carbonyl (C=O) groups is 1. The Kier molecular flexibility index (Phi) is 7.86. The number of ether oxygens (including phenoxy) is 1. The zero-order valence-electron chi connectivity index (χ0n) is 16.9. The van der Waals surface area contributed by atoms with Gasteiger partial charge < -0.3 is 9.64 Å². The summed E-state index contributed by atoms with van der Waals surface area (Å²) in [6.07, 6.45) is 6.49. The molecule has 1 aromatic carbocycles. The van der Waals surface area contributed by atoms with Crippen LogP contribution in [0.2, 0.25) is 0 Å². The Balaban J connectivity index is 1.52. The summed E-state index contributed by atoms with van der Waals surface area (Å²) in [5.74, 6) is 1.62. The first-order valence-corrected chi connectivity index (χ1v) is 10.8. The van der Waals surface area contributed by atoms with E-state index in [-0.39, 0.29) is 11.7 Å². The summed E-state index contributed by atoms with van der Waals surface area (Å²) in [4.78, 5) is 23.6. The van der Waals surface area contributed by atoms with Crippen molar-refractivity contribution in [3.8, 4) is 5.75 Å². The molecule has 1 aliphatic rings. The van der Waals surface area contributed by atoms with Gasteiger partial charge in [0.15, 0.2) is 0 Å². The Bertz CT molecular complexity index is 833. The number of anilines is 1. The number of amides is 1. The molecule has 7 nitrogen and oxygen atoms in total. The van der Waals surface area contributed by atoms with Crippen LogP contribution in [0, 0.1) is 6.92 Å². The molecule has 1 fully saturated rings. The minimum absolute atomic E-state index is 0.174.